The Morgan fingerprint density at radius 3 is 2.03 bits per heavy atom. The van der Waals surface area contributed by atoms with Crippen LogP contribution in [0.15, 0.2) is 102 Å². The summed E-state index contributed by atoms with van der Waals surface area (Å²) < 4.78 is 24.5. The molecule has 0 saturated heterocycles. The van der Waals surface area contributed by atoms with Gasteiger partial charge in [-0.1, -0.05) is 87.5 Å². The smallest absolute Gasteiger partial charge is 0.319 e. The lowest BCUT2D eigenvalue weighted by molar-refractivity contribution is 0.512. The largest absolute Gasteiger partial charge is 0.534 e. The number of nitrogens with zero attached hydrogens (tertiary/aromatic N) is 2. The Labute approximate surface area is 233 Å². The Morgan fingerprint density at radius 1 is 0.842 bits per heavy atom. The summed E-state index contributed by atoms with van der Waals surface area (Å²) in [5.74, 6) is 0.555. The molecule has 0 atom stereocenters. The normalized spacial score (nSPS) is 12.2. The van der Waals surface area contributed by atoms with Gasteiger partial charge in [0.05, 0.1) is 0 Å². The second-order valence-electron chi connectivity index (χ2n) is 10.8. The fraction of sp³-hybridized carbons (Fsp3) is 0.219. The Kier molecular flexibility index (Phi) is 7.29. The van der Waals surface area contributed by atoms with Gasteiger partial charge in [-0.25, -0.2) is 4.39 Å². The summed E-state index contributed by atoms with van der Waals surface area (Å²) in [6.07, 6.45) is 1.60. The van der Waals surface area contributed by atoms with Crippen molar-refractivity contribution in [3.05, 3.63) is 119 Å². The maximum Gasteiger partial charge on any atom is 0.319 e. The van der Waals surface area contributed by atoms with Crippen LogP contribution in [0.2, 0.25) is 5.04 Å². The van der Waals surface area contributed by atoms with Crippen molar-refractivity contribution >= 4 is 45.4 Å². The number of halogens is 2. The summed E-state index contributed by atoms with van der Waals surface area (Å²) in [6.45, 7) is 6.81. The quantitative estimate of drug-likeness (QED) is 0.188. The minimum absolute atomic E-state index is 0.181. The van der Waals surface area contributed by atoms with Crippen LogP contribution >= 0.6 is 15.9 Å². The first-order valence-corrected chi connectivity index (χ1v) is 15.6. The number of aromatic nitrogens is 2. The van der Waals surface area contributed by atoms with E-state index in [-0.39, 0.29) is 10.9 Å². The average molecular weight is 588 g/mol. The molecule has 4 aromatic carbocycles. The number of benzene rings is 4. The Bertz CT molecular complexity index is 1520. The van der Waals surface area contributed by atoms with E-state index in [4.69, 9.17) is 4.43 Å². The molecule has 1 heterocycles. The highest BCUT2D eigenvalue weighted by molar-refractivity contribution is 9.10. The zero-order chi connectivity index (χ0) is 26.9. The van der Waals surface area contributed by atoms with Crippen LogP contribution in [0.25, 0.3) is 10.8 Å². The molecule has 0 saturated carbocycles. The molecule has 0 aliphatic heterocycles. The van der Waals surface area contributed by atoms with Crippen LogP contribution in [0.5, 0.6) is 5.75 Å². The Hall–Kier alpha value is -3.22. The molecule has 1 aromatic heterocycles. The highest BCUT2D eigenvalue weighted by Gasteiger charge is 2.52. The van der Waals surface area contributed by atoms with Gasteiger partial charge in [-0.05, 0) is 85.5 Å². The first-order valence-electron chi connectivity index (χ1n) is 12.9. The van der Waals surface area contributed by atoms with Crippen LogP contribution in [-0.2, 0) is 19.9 Å². The molecule has 0 radical (unpaired) electrons. The zero-order valence-electron chi connectivity index (χ0n) is 22.2. The number of rotatable bonds is 7. The summed E-state index contributed by atoms with van der Waals surface area (Å²) in [6, 6.07) is 32.5. The van der Waals surface area contributed by atoms with Crippen molar-refractivity contribution in [3.63, 3.8) is 0 Å². The van der Waals surface area contributed by atoms with E-state index in [9.17, 15) is 4.39 Å². The molecular weight excluding hydrogens is 555 g/mol. The lowest BCUT2D eigenvalue weighted by atomic mass is 10.0. The maximum absolute atomic E-state index is 14.4. The van der Waals surface area contributed by atoms with E-state index >= 15 is 0 Å². The van der Waals surface area contributed by atoms with Crippen LogP contribution in [0.3, 0.4) is 0 Å². The molecule has 0 aliphatic carbocycles. The summed E-state index contributed by atoms with van der Waals surface area (Å²) in [7, 11) is -0.899. The molecule has 0 unspecified atom stereocenters. The fourth-order valence-corrected chi connectivity index (χ4v) is 10.3. The highest BCUT2D eigenvalue weighted by Crippen LogP contribution is 2.40. The fourth-order valence-electron chi connectivity index (χ4n) is 5.38. The van der Waals surface area contributed by atoms with Gasteiger partial charge in [-0.3, -0.25) is 4.68 Å². The Balaban J connectivity index is 1.68. The number of aryl methyl sites for hydroxylation is 3. The van der Waals surface area contributed by atoms with Gasteiger partial charge in [0.2, 0.25) is 0 Å². The van der Waals surface area contributed by atoms with E-state index in [2.05, 4.69) is 102 Å². The predicted molar refractivity (Wildman–Crippen MR) is 160 cm³/mol. The van der Waals surface area contributed by atoms with E-state index in [1.807, 2.05) is 36.0 Å². The topological polar surface area (TPSA) is 27.1 Å². The third-order valence-corrected chi connectivity index (χ3v) is 12.6. The molecule has 0 spiro atoms. The van der Waals surface area contributed by atoms with Crippen LogP contribution in [0.4, 0.5) is 4.39 Å². The van der Waals surface area contributed by atoms with E-state index in [1.165, 1.54) is 16.4 Å². The van der Waals surface area contributed by atoms with E-state index in [0.29, 0.717) is 0 Å². The van der Waals surface area contributed by atoms with Gasteiger partial charge in [-0.15, -0.1) is 0 Å². The first kappa shape index (κ1) is 26.4. The summed E-state index contributed by atoms with van der Waals surface area (Å²) >= 11 is 3.47. The number of hydrogen-bond acceptors (Lipinski definition) is 2. The average Bonchev–Trinajstić information content (AvgIpc) is 3.22. The van der Waals surface area contributed by atoms with Gasteiger partial charge in [0.25, 0.3) is 0 Å². The van der Waals surface area contributed by atoms with Crippen molar-refractivity contribution in [2.45, 2.75) is 38.7 Å². The zero-order valence-corrected chi connectivity index (χ0v) is 24.8. The van der Waals surface area contributed by atoms with Gasteiger partial charge in [-0.2, -0.15) is 5.10 Å². The molecule has 194 valence electrons. The summed E-state index contributed by atoms with van der Waals surface area (Å²) in [4.78, 5) is 0. The molecule has 5 rings (SSSR count). The standard InChI is InChI=1S/C32H32BrFN2OSi/c1-32(2,3)38(27-11-7-5-8-12-27,28-13-9-6-10-14-28)37-30-20-23(15-17-26-22-31(33)35-36(26)4)19-24-21-25(34)16-18-29(24)30/h5-14,16,18-22H,15,17H2,1-4H3. The van der Waals surface area contributed by atoms with Crippen LogP contribution in [-0.4, -0.2) is 18.1 Å². The lowest BCUT2D eigenvalue weighted by Gasteiger charge is -2.43. The SMILES string of the molecule is Cn1nc(Br)cc1CCc1cc(O[Si](c2ccccc2)(c2ccccc2)C(C)(C)C)c2ccc(F)cc2c1. The van der Waals surface area contributed by atoms with Crippen molar-refractivity contribution in [3.8, 4) is 5.75 Å². The summed E-state index contributed by atoms with van der Waals surface area (Å²) in [5.41, 5.74) is 2.24. The van der Waals surface area contributed by atoms with Crippen LogP contribution < -0.4 is 14.8 Å². The maximum atomic E-state index is 14.4. The van der Waals surface area contributed by atoms with Crippen LogP contribution in [0.1, 0.15) is 32.0 Å². The van der Waals surface area contributed by atoms with Gasteiger partial charge < -0.3 is 4.43 Å². The predicted octanol–water partition coefficient (Wildman–Crippen LogP) is 7.20. The van der Waals surface area contributed by atoms with Crippen molar-refractivity contribution in [1.29, 1.82) is 0 Å². The molecule has 6 heteroatoms. The second-order valence-corrected chi connectivity index (χ2v) is 15.8. The van der Waals surface area contributed by atoms with Crippen molar-refractivity contribution in [1.82, 2.24) is 9.78 Å². The van der Waals surface area contributed by atoms with E-state index < -0.39 is 8.32 Å². The summed E-state index contributed by atoms with van der Waals surface area (Å²) in [5, 5.41) is 8.41. The van der Waals surface area contributed by atoms with E-state index in [0.717, 1.165) is 45.2 Å². The van der Waals surface area contributed by atoms with Crippen molar-refractivity contribution in [2.24, 2.45) is 7.05 Å². The minimum Gasteiger partial charge on any atom is -0.534 e. The molecule has 0 N–H and O–H groups in total. The van der Waals surface area contributed by atoms with Crippen molar-refractivity contribution in [2.75, 3.05) is 0 Å². The monoisotopic (exact) mass is 586 g/mol. The highest BCUT2D eigenvalue weighted by atomic mass is 79.9. The van der Waals surface area contributed by atoms with Gasteiger partial charge in [0.1, 0.15) is 16.2 Å². The molecule has 38 heavy (non-hydrogen) atoms. The van der Waals surface area contributed by atoms with Gasteiger partial charge >= 0.3 is 8.32 Å². The molecule has 0 amide bonds. The molecule has 5 aromatic rings. The molecular formula is C32H32BrFN2OSi. The Morgan fingerprint density at radius 2 is 1.47 bits per heavy atom. The van der Waals surface area contributed by atoms with E-state index in [1.54, 1.807) is 6.07 Å². The third-order valence-electron chi connectivity index (χ3n) is 7.23. The molecule has 0 fully saturated rings. The van der Waals surface area contributed by atoms with Crippen LogP contribution in [0, 0.1) is 5.82 Å². The number of hydrogen-bond donors (Lipinski definition) is 0. The second kappa shape index (κ2) is 10.5. The van der Waals surface area contributed by atoms with Crippen molar-refractivity contribution < 1.29 is 8.82 Å². The molecule has 0 aliphatic rings. The van der Waals surface area contributed by atoms with Gasteiger partial charge in [0, 0.05) is 18.1 Å². The molecule has 3 nitrogen and oxygen atoms in total. The molecule has 0 bridgehead atoms. The van der Waals surface area contributed by atoms with Gasteiger partial charge in [0.15, 0.2) is 0 Å². The lowest BCUT2D eigenvalue weighted by Crippen LogP contribution is -2.68. The number of fused-ring (bicyclic) bond motifs is 1. The minimum atomic E-state index is -2.85. The third kappa shape index (κ3) is 5.07. The first-order chi connectivity index (χ1) is 18.2.